The van der Waals surface area contributed by atoms with Crippen molar-refractivity contribution < 1.29 is 17.6 Å². The van der Waals surface area contributed by atoms with E-state index in [4.69, 9.17) is 5.73 Å². The molecule has 0 aliphatic heterocycles. The number of aromatic nitrogens is 2. The van der Waals surface area contributed by atoms with Gasteiger partial charge < -0.3 is 10.2 Å². The van der Waals surface area contributed by atoms with Crippen LogP contribution >= 0.6 is 0 Å². The molecule has 1 fully saturated rings. The molecule has 2 N–H and O–H groups in total. The molecule has 7 heteroatoms. The molecule has 0 unspecified atom stereocenters. The molecule has 0 bridgehead atoms. The highest BCUT2D eigenvalue weighted by atomic mass is 19.4. The molecule has 0 atom stereocenters. The molecule has 1 aliphatic carbocycles. The molecule has 2 rings (SSSR count). The number of hydrogen-bond donors (Lipinski definition) is 1. The van der Waals surface area contributed by atoms with Crippen molar-refractivity contribution in [3.05, 3.63) is 11.8 Å². The Morgan fingerprint density at radius 1 is 1.18 bits per heavy atom. The zero-order valence-corrected chi connectivity index (χ0v) is 9.20. The Morgan fingerprint density at radius 3 is 2.29 bits per heavy atom. The van der Waals surface area contributed by atoms with E-state index in [1.807, 2.05) is 0 Å². The van der Waals surface area contributed by atoms with Gasteiger partial charge in [-0.05, 0) is 38.1 Å². The molecule has 17 heavy (non-hydrogen) atoms. The predicted molar refractivity (Wildman–Crippen MR) is 53.1 cm³/mol. The Kier molecular flexibility index (Phi) is 3.37. The van der Waals surface area contributed by atoms with Crippen molar-refractivity contribution in [2.45, 2.75) is 37.8 Å². The lowest BCUT2D eigenvalue weighted by atomic mass is 9.82. The Labute approximate surface area is 96.4 Å². The summed E-state index contributed by atoms with van der Waals surface area (Å²) < 4.78 is 41.5. The topological polar surface area (TPSA) is 64.9 Å². The molecule has 0 saturated heterocycles. The van der Waals surface area contributed by atoms with Gasteiger partial charge in [-0.15, -0.1) is 10.2 Å². The van der Waals surface area contributed by atoms with Crippen molar-refractivity contribution in [2.75, 3.05) is 6.54 Å². The number of halogens is 3. The summed E-state index contributed by atoms with van der Waals surface area (Å²) in [5.41, 5.74) is 5.55. The van der Waals surface area contributed by atoms with Crippen molar-refractivity contribution in [3.63, 3.8) is 0 Å². The molecular formula is C10H14F3N3O. The summed E-state index contributed by atoms with van der Waals surface area (Å²) in [6, 6.07) is 0. The minimum absolute atomic E-state index is 0.0543. The normalized spacial score (nSPS) is 26.1. The quantitative estimate of drug-likeness (QED) is 0.873. The second-order valence-corrected chi connectivity index (χ2v) is 4.40. The molecule has 1 aliphatic rings. The lowest BCUT2D eigenvalue weighted by Crippen LogP contribution is -2.20. The minimum atomic E-state index is -4.56. The lowest BCUT2D eigenvalue weighted by molar-refractivity contribution is -0.157. The highest BCUT2D eigenvalue weighted by Crippen LogP contribution is 2.36. The zero-order chi connectivity index (χ0) is 12.5. The van der Waals surface area contributed by atoms with Crippen LogP contribution in [0, 0.1) is 5.92 Å². The lowest BCUT2D eigenvalue weighted by Gasteiger charge is -2.25. The predicted octanol–water partition coefficient (Wildman–Crippen LogP) is 2.32. The molecule has 4 nitrogen and oxygen atoms in total. The SMILES string of the molecule is NCC1CCC(c2nnc(C(F)(F)F)o2)CC1. The van der Waals surface area contributed by atoms with Crippen molar-refractivity contribution in [2.24, 2.45) is 11.7 Å². The van der Waals surface area contributed by atoms with Crippen LogP contribution < -0.4 is 5.73 Å². The maximum absolute atomic E-state index is 12.3. The number of nitrogens with zero attached hydrogens (tertiary/aromatic N) is 2. The van der Waals surface area contributed by atoms with E-state index >= 15 is 0 Å². The van der Waals surface area contributed by atoms with Crippen LogP contribution in [-0.4, -0.2) is 16.7 Å². The van der Waals surface area contributed by atoms with Gasteiger partial charge in [0.1, 0.15) is 0 Å². The van der Waals surface area contributed by atoms with Gasteiger partial charge in [-0.2, -0.15) is 13.2 Å². The number of hydrogen-bond acceptors (Lipinski definition) is 4. The van der Waals surface area contributed by atoms with Gasteiger partial charge in [0.2, 0.25) is 5.89 Å². The summed E-state index contributed by atoms with van der Waals surface area (Å²) in [6.45, 7) is 0.629. The summed E-state index contributed by atoms with van der Waals surface area (Å²) in [4.78, 5) is 0. The van der Waals surface area contributed by atoms with Gasteiger partial charge in [0.15, 0.2) is 0 Å². The third-order valence-corrected chi connectivity index (χ3v) is 3.21. The van der Waals surface area contributed by atoms with E-state index in [-0.39, 0.29) is 11.8 Å². The van der Waals surface area contributed by atoms with Crippen molar-refractivity contribution >= 4 is 0 Å². The highest BCUT2D eigenvalue weighted by Gasteiger charge is 2.39. The van der Waals surface area contributed by atoms with Gasteiger partial charge in [-0.25, -0.2) is 0 Å². The monoisotopic (exact) mass is 249 g/mol. The van der Waals surface area contributed by atoms with Gasteiger partial charge in [0.25, 0.3) is 0 Å². The van der Waals surface area contributed by atoms with Gasteiger partial charge in [-0.1, -0.05) is 0 Å². The maximum Gasteiger partial charge on any atom is 0.470 e. The zero-order valence-electron chi connectivity index (χ0n) is 9.20. The van der Waals surface area contributed by atoms with E-state index in [0.29, 0.717) is 12.5 Å². The summed E-state index contributed by atoms with van der Waals surface area (Å²) in [5.74, 6) is -0.737. The first kappa shape index (κ1) is 12.3. The molecule has 1 saturated carbocycles. The fourth-order valence-corrected chi connectivity index (χ4v) is 2.16. The Bertz CT molecular complexity index is 369. The van der Waals surface area contributed by atoms with E-state index in [1.165, 1.54) is 0 Å². The molecule has 96 valence electrons. The number of nitrogens with two attached hydrogens (primary N) is 1. The first-order valence-corrected chi connectivity index (χ1v) is 5.61. The Hall–Kier alpha value is -1.11. The third-order valence-electron chi connectivity index (χ3n) is 3.21. The van der Waals surface area contributed by atoms with E-state index in [2.05, 4.69) is 14.6 Å². The molecule has 0 spiro atoms. The summed E-state index contributed by atoms with van der Waals surface area (Å²) in [7, 11) is 0. The Morgan fingerprint density at radius 2 is 1.82 bits per heavy atom. The first-order valence-electron chi connectivity index (χ1n) is 5.61. The fraction of sp³-hybridized carbons (Fsp3) is 0.800. The van der Waals surface area contributed by atoms with Crippen LogP contribution in [-0.2, 0) is 6.18 Å². The van der Waals surface area contributed by atoms with Gasteiger partial charge in [-0.3, -0.25) is 0 Å². The van der Waals surface area contributed by atoms with Crippen LogP contribution in [0.3, 0.4) is 0 Å². The van der Waals surface area contributed by atoms with E-state index in [9.17, 15) is 13.2 Å². The maximum atomic E-state index is 12.3. The van der Waals surface area contributed by atoms with Crippen molar-refractivity contribution in [3.8, 4) is 0 Å². The second kappa shape index (κ2) is 4.64. The largest absolute Gasteiger partial charge is 0.470 e. The molecule has 1 aromatic heterocycles. The van der Waals surface area contributed by atoms with E-state index in [0.717, 1.165) is 25.7 Å². The van der Waals surface area contributed by atoms with Gasteiger partial charge in [0, 0.05) is 5.92 Å². The fourth-order valence-electron chi connectivity index (χ4n) is 2.16. The number of alkyl halides is 3. The van der Waals surface area contributed by atoms with E-state index < -0.39 is 12.1 Å². The van der Waals surface area contributed by atoms with Crippen molar-refractivity contribution in [1.29, 1.82) is 0 Å². The van der Waals surface area contributed by atoms with Crippen molar-refractivity contribution in [1.82, 2.24) is 10.2 Å². The van der Waals surface area contributed by atoms with Crippen LogP contribution in [0.5, 0.6) is 0 Å². The van der Waals surface area contributed by atoms with Crippen LogP contribution in [0.4, 0.5) is 13.2 Å². The standard InChI is InChI=1S/C10H14F3N3O/c11-10(12,13)9-16-15-8(17-9)7-3-1-6(5-14)2-4-7/h6-7H,1-5,14H2. The molecule has 0 radical (unpaired) electrons. The highest BCUT2D eigenvalue weighted by molar-refractivity contribution is 4.95. The van der Waals surface area contributed by atoms with Gasteiger partial charge in [0.05, 0.1) is 0 Å². The first-order chi connectivity index (χ1) is 8.00. The Balaban J connectivity index is 2.02. The molecule has 1 heterocycles. The summed E-state index contributed by atoms with van der Waals surface area (Å²) in [6.07, 6.45) is -1.21. The van der Waals surface area contributed by atoms with Crippen LogP contribution in [0.25, 0.3) is 0 Å². The summed E-state index contributed by atoms with van der Waals surface area (Å²) in [5, 5.41) is 6.52. The number of rotatable bonds is 2. The minimum Gasteiger partial charge on any atom is -0.417 e. The molecule has 0 aromatic carbocycles. The molecule has 0 amide bonds. The molecule has 1 aromatic rings. The smallest absolute Gasteiger partial charge is 0.417 e. The average Bonchev–Trinajstić information content (AvgIpc) is 2.78. The summed E-state index contributed by atoms with van der Waals surface area (Å²) >= 11 is 0. The van der Waals surface area contributed by atoms with E-state index in [1.54, 1.807) is 0 Å². The van der Waals surface area contributed by atoms with Gasteiger partial charge >= 0.3 is 12.1 Å². The second-order valence-electron chi connectivity index (χ2n) is 4.40. The van der Waals surface area contributed by atoms with Crippen LogP contribution in [0.2, 0.25) is 0 Å². The van der Waals surface area contributed by atoms with Crippen LogP contribution in [0.1, 0.15) is 43.4 Å². The third kappa shape index (κ3) is 2.77. The van der Waals surface area contributed by atoms with Crippen LogP contribution in [0.15, 0.2) is 4.42 Å². The average molecular weight is 249 g/mol. The molecular weight excluding hydrogens is 235 g/mol.